The minimum atomic E-state index is -0.580. The first-order valence-corrected chi connectivity index (χ1v) is 5.68. The number of carbonyl (C=O) groups excluding carboxylic acids is 2. The third kappa shape index (κ3) is 8.56. The fourth-order valence-corrected chi connectivity index (χ4v) is 0.898. The maximum absolute atomic E-state index is 10.2. The zero-order valence-corrected chi connectivity index (χ0v) is 11.5. The van der Waals surface area contributed by atoms with Gasteiger partial charge in [-0.3, -0.25) is 19.7 Å². The van der Waals surface area contributed by atoms with Crippen LogP contribution in [0.3, 0.4) is 0 Å². The average molecular weight is 285 g/mol. The number of thiocarbonyl (C=S) groups is 1. The summed E-state index contributed by atoms with van der Waals surface area (Å²) in [6, 6.07) is 5.80. The molecule has 0 amide bonds. The summed E-state index contributed by atoms with van der Waals surface area (Å²) in [7, 11) is 1.38. The van der Waals surface area contributed by atoms with Crippen molar-refractivity contribution in [2.45, 2.75) is 13.3 Å². The van der Waals surface area contributed by atoms with E-state index in [1.165, 1.54) is 25.3 Å². The van der Waals surface area contributed by atoms with Gasteiger partial charge in [0, 0.05) is 12.5 Å². The van der Waals surface area contributed by atoms with Crippen LogP contribution in [0, 0.1) is 10.1 Å². The summed E-state index contributed by atoms with van der Waals surface area (Å²) in [6.07, 6.45) is 0.939. The van der Waals surface area contributed by atoms with E-state index in [1.54, 1.807) is 13.0 Å². The fourth-order valence-electron chi connectivity index (χ4n) is 0.898. The molecule has 0 unspecified atom stereocenters. The first-order valence-electron chi connectivity index (χ1n) is 5.11. The van der Waals surface area contributed by atoms with Gasteiger partial charge in [0.05, 0.1) is 17.6 Å². The molecule has 104 valence electrons. The third-order valence-electron chi connectivity index (χ3n) is 1.78. The van der Waals surface area contributed by atoms with Gasteiger partial charge in [0.2, 0.25) is 0 Å². The molecule has 0 fully saturated rings. The zero-order valence-electron chi connectivity index (χ0n) is 10.7. The van der Waals surface area contributed by atoms with Crippen LogP contribution in [0.5, 0.6) is 0 Å². The molecule has 0 saturated carbocycles. The van der Waals surface area contributed by atoms with Crippen LogP contribution in [0.1, 0.15) is 23.7 Å². The summed E-state index contributed by atoms with van der Waals surface area (Å²) >= 11 is 3.83. The van der Waals surface area contributed by atoms with Crippen LogP contribution in [0.25, 0.3) is 0 Å². The van der Waals surface area contributed by atoms with E-state index in [-0.39, 0.29) is 17.2 Å². The molecule has 0 N–H and O–H groups in total. The number of para-hydroxylation sites is 1. The number of ether oxygens (including phenoxy) is 1. The molecule has 0 radical (unpaired) electrons. The molecule has 1 aromatic rings. The Kier molecular flexibility index (Phi) is 12.4. The molecule has 0 atom stereocenters. The van der Waals surface area contributed by atoms with Crippen LogP contribution in [0.2, 0.25) is 0 Å². The summed E-state index contributed by atoms with van der Waals surface area (Å²) in [5.74, 6) is 2.68. The third-order valence-corrected chi connectivity index (χ3v) is 1.78. The van der Waals surface area contributed by atoms with E-state index < -0.39 is 4.92 Å². The summed E-state index contributed by atoms with van der Waals surface area (Å²) in [5, 5.41) is 10.2. The topological polar surface area (TPSA) is 86.5 Å². The van der Waals surface area contributed by atoms with Crippen LogP contribution in [0.15, 0.2) is 24.3 Å². The predicted octanol–water partition coefficient (Wildman–Crippen LogP) is 2.59. The summed E-state index contributed by atoms with van der Waals surface area (Å²) in [6.45, 7) is 1.76. The van der Waals surface area contributed by atoms with Gasteiger partial charge in [-0.25, -0.2) is 0 Å². The van der Waals surface area contributed by atoms with Crippen LogP contribution < -0.4 is 0 Å². The molecule has 6 nitrogen and oxygen atoms in total. The maximum Gasteiger partial charge on any atom is 0.305 e. The zero-order chi connectivity index (χ0) is 15.3. The standard InChI is InChI=1S/C7H5NO3.C4H8O2.CH2S/c9-5-6-3-1-2-4-7(6)8(10)11;1-3-4(5)6-2;1-2/h1-5H;3H2,1-2H3;1H2. The quantitative estimate of drug-likeness (QED) is 0.279. The van der Waals surface area contributed by atoms with Crippen LogP contribution in [0.4, 0.5) is 5.69 Å². The second-order valence-corrected chi connectivity index (χ2v) is 2.86. The Morgan fingerprint density at radius 3 is 2.26 bits per heavy atom. The minimum absolute atomic E-state index is 0.109. The van der Waals surface area contributed by atoms with Crippen LogP contribution >= 0.6 is 12.2 Å². The molecule has 7 heteroatoms. The van der Waals surface area contributed by atoms with Gasteiger partial charge in [-0.1, -0.05) is 31.3 Å². The molecule has 1 rings (SSSR count). The number of methoxy groups -OCH3 is 1. The normalized spacial score (nSPS) is 7.89. The Labute approximate surface area is 116 Å². The second kappa shape index (κ2) is 12.3. The van der Waals surface area contributed by atoms with Gasteiger partial charge in [-0.15, -0.1) is 0 Å². The van der Waals surface area contributed by atoms with Gasteiger partial charge in [-0.2, -0.15) is 0 Å². The lowest BCUT2D eigenvalue weighted by molar-refractivity contribution is -0.385. The average Bonchev–Trinajstić information content (AvgIpc) is 2.48. The van der Waals surface area contributed by atoms with Crippen molar-refractivity contribution < 1.29 is 19.2 Å². The van der Waals surface area contributed by atoms with E-state index >= 15 is 0 Å². The number of nitro benzene ring substituents is 1. The molecular formula is C12H15NO5S. The van der Waals surface area contributed by atoms with Crippen LogP contribution in [-0.2, 0) is 9.53 Å². The lowest BCUT2D eigenvalue weighted by Crippen LogP contribution is -1.94. The molecule has 0 heterocycles. The smallest absolute Gasteiger partial charge is 0.305 e. The van der Waals surface area contributed by atoms with Crippen molar-refractivity contribution in [3.63, 3.8) is 0 Å². The number of nitro groups is 1. The Morgan fingerprint density at radius 2 is 2.00 bits per heavy atom. The number of hydrogen-bond acceptors (Lipinski definition) is 6. The van der Waals surface area contributed by atoms with E-state index in [0.29, 0.717) is 12.7 Å². The first-order chi connectivity index (χ1) is 9.06. The Hall–Kier alpha value is -2.15. The second-order valence-electron chi connectivity index (χ2n) is 2.86. The van der Waals surface area contributed by atoms with Gasteiger partial charge in [-0.05, 0) is 11.9 Å². The van der Waals surface area contributed by atoms with E-state index in [0.717, 1.165) is 0 Å². The fraction of sp³-hybridized carbons (Fsp3) is 0.250. The molecule has 0 aliphatic rings. The summed E-state index contributed by atoms with van der Waals surface area (Å²) in [4.78, 5) is 29.8. The number of rotatable bonds is 3. The SMILES string of the molecule is C=S.CCC(=O)OC.O=Cc1ccccc1[N+](=O)[O-]. The first kappa shape index (κ1) is 19.2. The highest BCUT2D eigenvalue weighted by atomic mass is 32.1. The van der Waals surface area contributed by atoms with Gasteiger partial charge in [0.1, 0.15) is 0 Å². The number of esters is 1. The number of benzene rings is 1. The number of carbonyl (C=O) groups is 2. The predicted molar refractivity (Wildman–Crippen MR) is 75.5 cm³/mol. The Bertz CT molecular complexity index is 416. The minimum Gasteiger partial charge on any atom is -0.469 e. The van der Waals surface area contributed by atoms with E-state index in [2.05, 4.69) is 22.8 Å². The Morgan fingerprint density at radius 1 is 1.47 bits per heavy atom. The monoisotopic (exact) mass is 285 g/mol. The van der Waals surface area contributed by atoms with Crippen molar-refractivity contribution in [2.75, 3.05) is 7.11 Å². The van der Waals surface area contributed by atoms with Gasteiger partial charge < -0.3 is 4.74 Å². The van der Waals surface area contributed by atoms with Crippen molar-refractivity contribution >= 4 is 36.0 Å². The van der Waals surface area contributed by atoms with Gasteiger partial charge in [0.25, 0.3) is 5.69 Å². The van der Waals surface area contributed by atoms with E-state index in [4.69, 9.17) is 0 Å². The molecule has 19 heavy (non-hydrogen) atoms. The molecule has 0 aliphatic heterocycles. The number of nitrogens with zero attached hydrogens (tertiary/aromatic N) is 1. The van der Waals surface area contributed by atoms with Crippen molar-refractivity contribution in [3.8, 4) is 0 Å². The highest BCUT2D eigenvalue weighted by Gasteiger charge is 2.09. The van der Waals surface area contributed by atoms with Crippen LogP contribution in [-0.4, -0.2) is 30.2 Å². The molecule has 0 aliphatic carbocycles. The highest BCUT2D eigenvalue weighted by Crippen LogP contribution is 2.14. The lowest BCUT2D eigenvalue weighted by atomic mass is 10.2. The molecule has 1 aromatic carbocycles. The van der Waals surface area contributed by atoms with Crippen molar-refractivity contribution in [2.24, 2.45) is 0 Å². The van der Waals surface area contributed by atoms with Crippen molar-refractivity contribution in [3.05, 3.63) is 39.9 Å². The molecule has 0 bridgehead atoms. The number of hydrogen-bond donors (Lipinski definition) is 0. The summed E-state index contributed by atoms with van der Waals surface area (Å²) < 4.78 is 4.26. The van der Waals surface area contributed by atoms with Crippen molar-refractivity contribution in [1.82, 2.24) is 0 Å². The highest BCUT2D eigenvalue weighted by molar-refractivity contribution is 7.77. The molecule has 0 aromatic heterocycles. The largest absolute Gasteiger partial charge is 0.469 e. The number of aldehydes is 1. The Balaban J connectivity index is 0. The molecular weight excluding hydrogens is 270 g/mol. The van der Waals surface area contributed by atoms with Gasteiger partial charge >= 0.3 is 5.97 Å². The summed E-state index contributed by atoms with van der Waals surface area (Å²) in [5.41, 5.74) is -0.0417. The van der Waals surface area contributed by atoms with E-state index in [1.807, 2.05) is 0 Å². The van der Waals surface area contributed by atoms with E-state index in [9.17, 15) is 19.7 Å². The van der Waals surface area contributed by atoms with Crippen molar-refractivity contribution in [1.29, 1.82) is 0 Å². The maximum atomic E-state index is 10.2. The lowest BCUT2D eigenvalue weighted by Gasteiger charge is -1.91. The molecule has 0 saturated heterocycles. The molecule has 0 spiro atoms. The van der Waals surface area contributed by atoms with Gasteiger partial charge in [0.15, 0.2) is 6.29 Å².